The van der Waals surface area contributed by atoms with Crippen molar-refractivity contribution in [1.29, 1.82) is 0 Å². The van der Waals surface area contributed by atoms with Crippen LogP contribution < -0.4 is 4.74 Å². The van der Waals surface area contributed by atoms with Crippen molar-refractivity contribution in [3.8, 4) is 5.75 Å². The van der Waals surface area contributed by atoms with Gasteiger partial charge in [0.1, 0.15) is 11.4 Å². The number of benzene rings is 3. The van der Waals surface area contributed by atoms with Gasteiger partial charge in [-0.25, -0.2) is 0 Å². The Morgan fingerprint density at radius 3 is 1.93 bits per heavy atom. The lowest BCUT2D eigenvalue weighted by atomic mass is 9.80. The summed E-state index contributed by atoms with van der Waals surface area (Å²) in [4.78, 5) is 0. The van der Waals surface area contributed by atoms with E-state index in [1.807, 2.05) is 48.5 Å². The molecule has 1 atom stereocenters. The van der Waals surface area contributed by atoms with E-state index in [9.17, 15) is 5.11 Å². The SMILES string of the molecule is C=C1CCC(O)(OC(Cc2ccc(OC)cc2)(c2ccccc2)c2ccccc2)C1. The van der Waals surface area contributed by atoms with Gasteiger partial charge in [0.2, 0.25) is 0 Å². The molecule has 0 heterocycles. The van der Waals surface area contributed by atoms with E-state index >= 15 is 0 Å². The Hall–Kier alpha value is -2.88. The topological polar surface area (TPSA) is 38.7 Å². The molecule has 30 heavy (non-hydrogen) atoms. The second kappa shape index (κ2) is 8.47. The standard InChI is InChI=1S/C27H28O3/c1-21-17-18-26(28,19-21)30-27(23-9-5-3-6-10-23,24-11-7-4-8-12-24)20-22-13-15-25(29-2)16-14-22/h3-16,28H,1,17-20H2,2H3. The zero-order chi connectivity index (χ0) is 21.0. The van der Waals surface area contributed by atoms with E-state index in [4.69, 9.17) is 9.47 Å². The van der Waals surface area contributed by atoms with Crippen LogP contribution in [0.2, 0.25) is 0 Å². The van der Waals surface area contributed by atoms with Crippen LogP contribution in [0.1, 0.15) is 36.0 Å². The van der Waals surface area contributed by atoms with Crippen LogP contribution >= 0.6 is 0 Å². The Balaban J connectivity index is 1.85. The van der Waals surface area contributed by atoms with Gasteiger partial charge in [0.25, 0.3) is 0 Å². The summed E-state index contributed by atoms with van der Waals surface area (Å²) >= 11 is 0. The molecule has 1 unspecified atom stereocenters. The molecule has 1 aliphatic carbocycles. The van der Waals surface area contributed by atoms with Gasteiger partial charge in [0.15, 0.2) is 5.79 Å². The fourth-order valence-electron chi connectivity index (χ4n) is 4.32. The van der Waals surface area contributed by atoms with E-state index in [0.717, 1.165) is 34.4 Å². The maximum atomic E-state index is 11.4. The van der Waals surface area contributed by atoms with E-state index in [-0.39, 0.29) is 0 Å². The maximum Gasteiger partial charge on any atom is 0.171 e. The highest BCUT2D eigenvalue weighted by atomic mass is 16.6. The molecule has 1 N–H and O–H groups in total. The van der Waals surface area contributed by atoms with Crippen molar-refractivity contribution >= 4 is 0 Å². The van der Waals surface area contributed by atoms with Gasteiger partial charge in [0, 0.05) is 19.3 Å². The van der Waals surface area contributed by atoms with Crippen LogP contribution in [0.4, 0.5) is 0 Å². The molecule has 0 radical (unpaired) electrons. The van der Waals surface area contributed by atoms with Crippen molar-refractivity contribution in [2.45, 2.75) is 37.1 Å². The van der Waals surface area contributed by atoms with Crippen molar-refractivity contribution in [3.05, 3.63) is 114 Å². The van der Waals surface area contributed by atoms with Gasteiger partial charge in [-0.1, -0.05) is 84.9 Å². The number of aliphatic hydroxyl groups is 1. The first-order chi connectivity index (χ1) is 14.5. The Kier molecular flexibility index (Phi) is 5.76. The number of methoxy groups -OCH3 is 1. The lowest BCUT2D eigenvalue weighted by molar-refractivity contribution is -0.253. The van der Waals surface area contributed by atoms with Gasteiger partial charge in [-0.15, -0.1) is 0 Å². The summed E-state index contributed by atoms with van der Waals surface area (Å²) in [6.45, 7) is 4.07. The molecule has 0 aromatic heterocycles. The van der Waals surface area contributed by atoms with Crippen molar-refractivity contribution in [1.82, 2.24) is 0 Å². The minimum absolute atomic E-state index is 0.455. The number of ether oxygens (including phenoxy) is 2. The highest BCUT2D eigenvalue weighted by Crippen LogP contribution is 2.45. The van der Waals surface area contributed by atoms with Crippen molar-refractivity contribution < 1.29 is 14.6 Å². The number of hydrogen-bond donors (Lipinski definition) is 1. The molecular formula is C27H28O3. The van der Waals surface area contributed by atoms with E-state index < -0.39 is 11.4 Å². The van der Waals surface area contributed by atoms with E-state index in [2.05, 4.69) is 43.0 Å². The molecule has 0 aliphatic heterocycles. The lowest BCUT2D eigenvalue weighted by Crippen LogP contribution is -2.43. The van der Waals surface area contributed by atoms with Gasteiger partial charge in [-0.3, -0.25) is 0 Å². The Morgan fingerprint density at radius 1 is 0.900 bits per heavy atom. The van der Waals surface area contributed by atoms with E-state index in [1.165, 1.54) is 0 Å². The third-order valence-electron chi connectivity index (χ3n) is 5.85. The maximum absolute atomic E-state index is 11.4. The molecule has 1 saturated carbocycles. The number of hydrogen-bond acceptors (Lipinski definition) is 3. The fraction of sp³-hybridized carbons (Fsp3) is 0.259. The fourth-order valence-corrected chi connectivity index (χ4v) is 4.32. The molecule has 3 nitrogen and oxygen atoms in total. The van der Waals surface area contributed by atoms with Crippen LogP contribution in [0.15, 0.2) is 97.1 Å². The monoisotopic (exact) mass is 400 g/mol. The molecular weight excluding hydrogens is 372 g/mol. The molecule has 4 rings (SSSR count). The summed E-state index contributed by atoms with van der Waals surface area (Å²) in [7, 11) is 1.67. The highest BCUT2D eigenvalue weighted by Gasteiger charge is 2.45. The van der Waals surface area contributed by atoms with Gasteiger partial charge in [-0.05, 0) is 35.2 Å². The number of rotatable bonds is 7. The first-order valence-electron chi connectivity index (χ1n) is 10.4. The van der Waals surface area contributed by atoms with Crippen molar-refractivity contribution in [2.24, 2.45) is 0 Å². The molecule has 0 saturated heterocycles. The first-order valence-corrected chi connectivity index (χ1v) is 10.4. The van der Waals surface area contributed by atoms with Crippen molar-refractivity contribution in [2.75, 3.05) is 7.11 Å². The quantitative estimate of drug-likeness (QED) is 0.413. The van der Waals surface area contributed by atoms with Crippen LogP contribution in [0, 0.1) is 0 Å². The van der Waals surface area contributed by atoms with Gasteiger partial charge >= 0.3 is 0 Å². The predicted molar refractivity (Wildman–Crippen MR) is 119 cm³/mol. The van der Waals surface area contributed by atoms with Crippen LogP contribution in [-0.2, 0) is 16.8 Å². The minimum atomic E-state index is -1.24. The van der Waals surface area contributed by atoms with Crippen LogP contribution in [0.25, 0.3) is 0 Å². The smallest absolute Gasteiger partial charge is 0.171 e. The van der Waals surface area contributed by atoms with Crippen LogP contribution in [0.3, 0.4) is 0 Å². The molecule has 3 heteroatoms. The van der Waals surface area contributed by atoms with Gasteiger partial charge in [0.05, 0.1) is 7.11 Å². The Morgan fingerprint density at radius 2 is 1.47 bits per heavy atom. The zero-order valence-corrected chi connectivity index (χ0v) is 17.4. The van der Waals surface area contributed by atoms with E-state index in [1.54, 1.807) is 7.11 Å². The molecule has 3 aromatic rings. The third-order valence-corrected chi connectivity index (χ3v) is 5.85. The normalized spacial score (nSPS) is 19.1. The summed E-state index contributed by atoms with van der Waals surface area (Å²) in [6, 6.07) is 28.4. The first kappa shape index (κ1) is 20.4. The largest absolute Gasteiger partial charge is 0.497 e. The van der Waals surface area contributed by atoms with E-state index in [0.29, 0.717) is 19.3 Å². The third kappa shape index (κ3) is 4.18. The average molecular weight is 401 g/mol. The second-order valence-corrected chi connectivity index (χ2v) is 8.06. The van der Waals surface area contributed by atoms with Crippen LogP contribution in [-0.4, -0.2) is 18.0 Å². The summed E-state index contributed by atoms with van der Waals surface area (Å²) in [5.74, 6) is -0.426. The summed E-state index contributed by atoms with van der Waals surface area (Å²) in [5, 5.41) is 11.4. The molecule has 154 valence electrons. The predicted octanol–water partition coefficient (Wildman–Crippen LogP) is 5.63. The summed E-state index contributed by atoms with van der Waals surface area (Å²) in [6.07, 6.45) is 2.37. The molecule has 1 aliphatic rings. The molecule has 0 spiro atoms. The molecule has 0 amide bonds. The second-order valence-electron chi connectivity index (χ2n) is 8.06. The van der Waals surface area contributed by atoms with Crippen molar-refractivity contribution in [3.63, 3.8) is 0 Å². The zero-order valence-electron chi connectivity index (χ0n) is 17.4. The average Bonchev–Trinajstić information content (AvgIpc) is 3.13. The highest BCUT2D eigenvalue weighted by molar-refractivity contribution is 5.40. The molecule has 3 aromatic carbocycles. The molecule has 0 bridgehead atoms. The van der Waals surface area contributed by atoms with Gasteiger partial charge < -0.3 is 14.6 Å². The Labute approximate surface area is 178 Å². The Bertz CT molecular complexity index is 940. The lowest BCUT2D eigenvalue weighted by Gasteiger charge is -2.41. The summed E-state index contributed by atoms with van der Waals surface area (Å²) < 4.78 is 12.1. The molecule has 1 fully saturated rings. The minimum Gasteiger partial charge on any atom is -0.497 e. The van der Waals surface area contributed by atoms with Crippen LogP contribution in [0.5, 0.6) is 5.75 Å². The summed E-state index contributed by atoms with van der Waals surface area (Å²) in [5.41, 5.74) is 3.31. The van der Waals surface area contributed by atoms with Gasteiger partial charge in [-0.2, -0.15) is 0 Å².